The summed E-state index contributed by atoms with van der Waals surface area (Å²) in [6.45, 7) is 1.37. The summed E-state index contributed by atoms with van der Waals surface area (Å²) in [6.07, 6.45) is 3.77. The fourth-order valence-corrected chi connectivity index (χ4v) is 2.72. The van der Waals surface area contributed by atoms with Crippen LogP contribution in [0.4, 0.5) is 4.79 Å². The number of rotatable bonds is 4. The molecule has 3 N–H and O–H groups in total. The Bertz CT molecular complexity index is 514. The SMILES string of the molecule is O=C(NCC1(CO)CC1)NC1CCCOc2ccccc21. The molecular weight excluding hydrogens is 268 g/mol. The molecular formula is C16H22N2O3. The second kappa shape index (κ2) is 5.93. The number of urea groups is 1. The summed E-state index contributed by atoms with van der Waals surface area (Å²) in [5.41, 5.74) is 0.968. The van der Waals surface area contributed by atoms with Crippen LogP contribution in [-0.4, -0.2) is 30.9 Å². The van der Waals surface area contributed by atoms with Crippen molar-refractivity contribution in [2.24, 2.45) is 5.41 Å². The first-order chi connectivity index (χ1) is 10.2. The minimum atomic E-state index is -0.170. The van der Waals surface area contributed by atoms with Crippen molar-refractivity contribution in [3.8, 4) is 5.75 Å². The second-order valence-electron chi connectivity index (χ2n) is 6.07. The molecule has 2 aliphatic rings. The molecule has 2 amide bonds. The second-order valence-corrected chi connectivity index (χ2v) is 6.07. The normalized spacial score (nSPS) is 22.4. The van der Waals surface area contributed by atoms with E-state index in [4.69, 9.17) is 4.74 Å². The van der Waals surface area contributed by atoms with E-state index in [-0.39, 0.29) is 24.1 Å². The lowest BCUT2D eigenvalue weighted by Crippen LogP contribution is -2.41. The summed E-state index contributed by atoms with van der Waals surface area (Å²) in [5, 5.41) is 15.2. The third kappa shape index (κ3) is 3.29. The molecule has 1 aliphatic heterocycles. The van der Waals surface area contributed by atoms with E-state index in [9.17, 15) is 9.90 Å². The molecule has 1 aromatic carbocycles. The zero-order valence-electron chi connectivity index (χ0n) is 12.1. The Morgan fingerprint density at radius 1 is 1.38 bits per heavy atom. The van der Waals surface area contributed by atoms with Gasteiger partial charge in [0.2, 0.25) is 0 Å². The van der Waals surface area contributed by atoms with Gasteiger partial charge in [-0.1, -0.05) is 18.2 Å². The summed E-state index contributed by atoms with van der Waals surface area (Å²) in [7, 11) is 0. The number of para-hydroxylation sites is 1. The van der Waals surface area contributed by atoms with Crippen LogP contribution in [0.5, 0.6) is 5.75 Å². The Hall–Kier alpha value is -1.75. The van der Waals surface area contributed by atoms with Crippen LogP contribution in [0.3, 0.4) is 0 Å². The molecule has 1 unspecified atom stereocenters. The highest BCUT2D eigenvalue weighted by atomic mass is 16.5. The Balaban J connectivity index is 1.60. The molecule has 0 saturated heterocycles. The fraction of sp³-hybridized carbons (Fsp3) is 0.562. The van der Waals surface area contributed by atoms with Gasteiger partial charge in [0, 0.05) is 17.5 Å². The van der Waals surface area contributed by atoms with Gasteiger partial charge in [0.25, 0.3) is 0 Å². The van der Waals surface area contributed by atoms with E-state index in [1.807, 2.05) is 24.3 Å². The molecule has 1 fully saturated rings. The molecule has 0 aromatic heterocycles. The van der Waals surface area contributed by atoms with Crippen molar-refractivity contribution in [2.45, 2.75) is 31.7 Å². The molecule has 114 valence electrons. The number of benzene rings is 1. The quantitative estimate of drug-likeness (QED) is 0.794. The number of ether oxygens (including phenoxy) is 1. The lowest BCUT2D eigenvalue weighted by molar-refractivity contribution is 0.201. The average Bonchev–Trinajstić information content (AvgIpc) is 3.30. The molecule has 0 radical (unpaired) electrons. The van der Waals surface area contributed by atoms with Gasteiger partial charge in [-0.15, -0.1) is 0 Å². The van der Waals surface area contributed by atoms with Crippen LogP contribution < -0.4 is 15.4 Å². The number of amides is 2. The molecule has 5 heteroatoms. The maximum atomic E-state index is 12.1. The summed E-state index contributed by atoms with van der Waals surface area (Å²) in [6, 6.07) is 7.66. The van der Waals surface area contributed by atoms with E-state index in [1.54, 1.807) is 0 Å². The summed E-state index contributed by atoms with van der Waals surface area (Å²) >= 11 is 0. The Kier molecular flexibility index (Phi) is 4.01. The highest BCUT2D eigenvalue weighted by Gasteiger charge is 2.42. The number of carbonyl (C=O) groups is 1. The molecule has 1 saturated carbocycles. The van der Waals surface area contributed by atoms with Crippen molar-refractivity contribution >= 4 is 6.03 Å². The van der Waals surface area contributed by atoms with Crippen LogP contribution in [0, 0.1) is 5.41 Å². The van der Waals surface area contributed by atoms with Gasteiger partial charge in [-0.25, -0.2) is 4.79 Å². The molecule has 3 rings (SSSR count). The van der Waals surface area contributed by atoms with Gasteiger partial charge in [-0.3, -0.25) is 0 Å². The van der Waals surface area contributed by atoms with Crippen molar-refractivity contribution in [1.82, 2.24) is 10.6 Å². The molecule has 1 aliphatic carbocycles. The highest BCUT2D eigenvalue weighted by Crippen LogP contribution is 2.44. The first-order valence-electron chi connectivity index (χ1n) is 7.59. The van der Waals surface area contributed by atoms with Crippen LogP contribution in [-0.2, 0) is 0 Å². The molecule has 0 spiro atoms. The zero-order valence-corrected chi connectivity index (χ0v) is 12.1. The summed E-state index contributed by atoms with van der Waals surface area (Å²) < 4.78 is 5.70. The number of aliphatic hydroxyl groups excluding tert-OH is 1. The Labute approximate surface area is 124 Å². The van der Waals surface area contributed by atoms with E-state index in [2.05, 4.69) is 10.6 Å². The standard InChI is InChI=1S/C16H22N2O3/c19-11-16(7-8-16)10-17-15(20)18-13-5-3-9-21-14-6-2-1-4-12(13)14/h1-2,4,6,13,19H,3,5,7-11H2,(H2,17,18,20). The van der Waals surface area contributed by atoms with Crippen molar-refractivity contribution in [3.05, 3.63) is 29.8 Å². The number of fused-ring (bicyclic) bond motifs is 1. The first kappa shape index (κ1) is 14.2. The first-order valence-corrected chi connectivity index (χ1v) is 7.59. The third-order valence-corrected chi connectivity index (χ3v) is 4.41. The molecule has 5 nitrogen and oxygen atoms in total. The molecule has 1 heterocycles. The highest BCUT2D eigenvalue weighted by molar-refractivity contribution is 5.74. The third-order valence-electron chi connectivity index (χ3n) is 4.41. The molecule has 0 bridgehead atoms. The van der Waals surface area contributed by atoms with Gasteiger partial charge < -0.3 is 20.5 Å². The van der Waals surface area contributed by atoms with E-state index < -0.39 is 0 Å². The average molecular weight is 290 g/mol. The maximum absolute atomic E-state index is 12.1. The van der Waals surface area contributed by atoms with E-state index in [0.29, 0.717) is 13.2 Å². The molecule has 21 heavy (non-hydrogen) atoms. The molecule has 1 aromatic rings. The van der Waals surface area contributed by atoms with Crippen molar-refractivity contribution in [2.75, 3.05) is 19.8 Å². The van der Waals surface area contributed by atoms with Crippen LogP contribution in [0.15, 0.2) is 24.3 Å². The number of hydrogen-bond acceptors (Lipinski definition) is 3. The van der Waals surface area contributed by atoms with Crippen molar-refractivity contribution < 1.29 is 14.6 Å². The summed E-state index contributed by atoms with van der Waals surface area (Å²) in [5.74, 6) is 0.856. The van der Waals surface area contributed by atoms with Crippen LogP contribution in [0.2, 0.25) is 0 Å². The van der Waals surface area contributed by atoms with Crippen LogP contribution in [0.1, 0.15) is 37.3 Å². The van der Waals surface area contributed by atoms with Crippen molar-refractivity contribution in [1.29, 1.82) is 0 Å². The largest absolute Gasteiger partial charge is 0.493 e. The summed E-state index contributed by atoms with van der Waals surface area (Å²) in [4.78, 5) is 12.1. The lowest BCUT2D eigenvalue weighted by atomic mass is 10.0. The Morgan fingerprint density at radius 3 is 2.95 bits per heavy atom. The van der Waals surface area contributed by atoms with Gasteiger partial charge in [0.15, 0.2) is 0 Å². The maximum Gasteiger partial charge on any atom is 0.315 e. The zero-order chi connectivity index (χ0) is 14.7. The fourth-order valence-electron chi connectivity index (χ4n) is 2.72. The van der Waals surface area contributed by atoms with Gasteiger partial charge in [0.1, 0.15) is 5.75 Å². The lowest BCUT2D eigenvalue weighted by Gasteiger charge is -2.20. The Morgan fingerprint density at radius 2 is 2.19 bits per heavy atom. The minimum Gasteiger partial charge on any atom is -0.493 e. The number of aliphatic hydroxyl groups is 1. The van der Waals surface area contributed by atoms with Crippen LogP contribution in [0.25, 0.3) is 0 Å². The predicted octanol–water partition coefficient (Wildman–Crippen LogP) is 1.97. The molecule has 1 atom stereocenters. The van der Waals surface area contributed by atoms with Gasteiger partial charge in [-0.05, 0) is 31.7 Å². The number of carbonyl (C=O) groups excluding carboxylic acids is 1. The van der Waals surface area contributed by atoms with Gasteiger partial charge in [-0.2, -0.15) is 0 Å². The van der Waals surface area contributed by atoms with Crippen LogP contribution >= 0.6 is 0 Å². The minimum absolute atomic E-state index is 0.0204. The van der Waals surface area contributed by atoms with Gasteiger partial charge in [0.05, 0.1) is 19.3 Å². The van der Waals surface area contributed by atoms with Crippen molar-refractivity contribution in [3.63, 3.8) is 0 Å². The van der Waals surface area contributed by atoms with E-state index in [0.717, 1.165) is 37.0 Å². The number of hydrogen-bond donors (Lipinski definition) is 3. The smallest absolute Gasteiger partial charge is 0.315 e. The monoisotopic (exact) mass is 290 g/mol. The topological polar surface area (TPSA) is 70.6 Å². The predicted molar refractivity (Wildman–Crippen MR) is 79.2 cm³/mol. The van der Waals surface area contributed by atoms with E-state index in [1.165, 1.54) is 0 Å². The van der Waals surface area contributed by atoms with E-state index >= 15 is 0 Å². The number of nitrogens with one attached hydrogen (secondary N) is 2. The van der Waals surface area contributed by atoms with Gasteiger partial charge >= 0.3 is 6.03 Å².